The summed E-state index contributed by atoms with van der Waals surface area (Å²) in [6, 6.07) is 2.04. The van der Waals surface area contributed by atoms with Gasteiger partial charge in [0.2, 0.25) is 0 Å². The zero-order valence-electron chi connectivity index (χ0n) is 4.99. The fourth-order valence-corrected chi connectivity index (χ4v) is 0.614. The summed E-state index contributed by atoms with van der Waals surface area (Å²) >= 11 is 0. The van der Waals surface area contributed by atoms with Crippen LogP contribution in [0.2, 0.25) is 0 Å². The first-order chi connectivity index (χ1) is 4.43. The van der Waals surface area contributed by atoms with Gasteiger partial charge >= 0.3 is 0 Å². The summed E-state index contributed by atoms with van der Waals surface area (Å²) in [5, 5.41) is 8.24. The minimum absolute atomic E-state index is 0.424. The molecule has 0 radical (unpaired) electrons. The molecule has 1 heterocycles. The number of rotatable bonds is 1. The van der Waals surface area contributed by atoms with Crippen LogP contribution in [-0.4, -0.2) is 24.3 Å². The van der Waals surface area contributed by atoms with Crippen LogP contribution in [0.5, 0.6) is 0 Å². The third-order valence-electron chi connectivity index (χ3n) is 1.03. The smallest absolute Gasteiger partial charge is 0.110 e. The van der Waals surface area contributed by atoms with Crippen molar-refractivity contribution in [2.24, 2.45) is 4.99 Å². The molecule has 1 aliphatic heterocycles. The predicted molar refractivity (Wildman–Crippen MR) is 34.8 cm³/mol. The highest BCUT2D eigenvalue weighted by Gasteiger charge is 1.95. The molecule has 0 atom stereocenters. The molecule has 0 aliphatic carbocycles. The van der Waals surface area contributed by atoms with Crippen LogP contribution in [0.1, 0.15) is 0 Å². The molecule has 0 fully saturated rings. The molecule has 1 rings (SSSR count). The first-order valence-corrected chi connectivity index (χ1v) is 2.71. The van der Waals surface area contributed by atoms with Crippen molar-refractivity contribution in [3.63, 3.8) is 0 Å². The maximum Gasteiger partial charge on any atom is 0.110 e. The SMILES string of the molecule is N#CCN1C=CC=NC1. The van der Waals surface area contributed by atoms with Crippen LogP contribution in [0.15, 0.2) is 17.3 Å². The first kappa shape index (κ1) is 5.83. The van der Waals surface area contributed by atoms with Gasteiger partial charge in [0.05, 0.1) is 6.07 Å². The van der Waals surface area contributed by atoms with Crippen LogP contribution in [-0.2, 0) is 0 Å². The van der Waals surface area contributed by atoms with E-state index in [4.69, 9.17) is 5.26 Å². The second-order valence-electron chi connectivity index (χ2n) is 1.72. The molecule has 0 saturated carbocycles. The summed E-state index contributed by atoms with van der Waals surface area (Å²) in [7, 11) is 0. The van der Waals surface area contributed by atoms with Crippen LogP contribution in [0.3, 0.4) is 0 Å². The summed E-state index contributed by atoms with van der Waals surface area (Å²) in [5.74, 6) is 0. The minimum Gasteiger partial charge on any atom is -0.345 e. The molecule has 3 nitrogen and oxygen atoms in total. The molecule has 0 amide bonds. The van der Waals surface area contributed by atoms with E-state index in [1.165, 1.54) is 0 Å². The fraction of sp³-hybridized carbons (Fsp3) is 0.333. The average Bonchev–Trinajstić information content (AvgIpc) is 1.91. The van der Waals surface area contributed by atoms with Crippen molar-refractivity contribution in [3.8, 4) is 6.07 Å². The van der Waals surface area contributed by atoms with Crippen LogP contribution in [0.25, 0.3) is 0 Å². The monoisotopic (exact) mass is 121 g/mol. The third-order valence-corrected chi connectivity index (χ3v) is 1.03. The molecular formula is C6H7N3. The van der Waals surface area contributed by atoms with Crippen molar-refractivity contribution < 1.29 is 0 Å². The third kappa shape index (κ3) is 1.57. The summed E-state index contributed by atoms with van der Waals surface area (Å²) < 4.78 is 0. The largest absolute Gasteiger partial charge is 0.345 e. The number of nitrogens with zero attached hydrogens (tertiary/aromatic N) is 3. The Bertz CT molecular complexity index is 175. The molecule has 3 heteroatoms. The molecule has 1 aliphatic rings. The number of hydrogen-bond donors (Lipinski definition) is 0. The van der Waals surface area contributed by atoms with Gasteiger partial charge in [-0.25, -0.2) is 0 Å². The standard InChI is InChI=1S/C6H7N3/c7-2-5-9-4-1-3-8-6-9/h1,3-4H,5-6H2. The summed E-state index contributed by atoms with van der Waals surface area (Å²) in [6.45, 7) is 1.04. The Labute approximate surface area is 53.9 Å². The Morgan fingerprint density at radius 2 is 2.67 bits per heavy atom. The Balaban J connectivity index is 2.39. The number of nitriles is 1. The van der Waals surface area contributed by atoms with E-state index in [0.717, 1.165) is 0 Å². The molecule has 46 valence electrons. The summed E-state index contributed by atoms with van der Waals surface area (Å²) in [6.07, 6.45) is 5.41. The topological polar surface area (TPSA) is 39.4 Å². The van der Waals surface area contributed by atoms with Gasteiger partial charge in [-0.1, -0.05) is 0 Å². The van der Waals surface area contributed by atoms with Crippen molar-refractivity contribution >= 4 is 6.21 Å². The van der Waals surface area contributed by atoms with Crippen molar-refractivity contribution in [2.45, 2.75) is 0 Å². The van der Waals surface area contributed by atoms with Gasteiger partial charge in [0.15, 0.2) is 0 Å². The lowest BCUT2D eigenvalue weighted by molar-refractivity contribution is 0.432. The van der Waals surface area contributed by atoms with E-state index in [1.807, 2.05) is 23.2 Å². The van der Waals surface area contributed by atoms with Gasteiger partial charge in [-0.2, -0.15) is 5.26 Å². The van der Waals surface area contributed by atoms with Crippen LogP contribution < -0.4 is 0 Å². The molecule has 0 aromatic carbocycles. The Hall–Kier alpha value is -1.30. The molecular weight excluding hydrogens is 114 g/mol. The molecule has 0 spiro atoms. The van der Waals surface area contributed by atoms with Crippen LogP contribution >= 0.6 is 0 Å². The lowest BCUT2D eigenvalue weighted by Gasteiger charge is -2.14. The normalized spacial score (nSPS) is 15.7. The number of hydrogen-bond acceptors (Lipinski definition) is 3. The first-order valence-electron chi connectivity index (χ1n) is 2.71. The van der Waals surface area contributed by atoms with E-state index in [9.17, 15) is 0 Å². The van der Waals surface area contributed by atoms with E-state index in [1.54, 1.807) is 6.21 Å². The van der Waals surface area contributed by atoms with Crippen molar-refractivity contribution in [1.29, 1.82) is 5.26 Å². The zero-order valence-corrected chi connectivity index (χ0v) is 4.99. The van der Waals surface area contributed by atoms with Gasteiger partial charge in [0.1, 0.15) is 13.2 Å². The van der Waals surface area contributed by atoms with Crippen LogP contribution in [0, 0.1) is 11.3 Å². The Morgan fingerprint density at radius 1 is 1.78 bits per heavy atom. The lowest BCUT2D eigenvalue weighted by Crippen LogP contribution is -2.19. The second-order valence-corrected chi connectivity index (χ2v) is 1.72. The predicted octanol–water partition coefficient (Wildman–Crippen LogP) is 0.368. The second kappa shape index (κ2) is 2.88. The fourth-order valence-electron chi connectivity index (χ4n) is 0.614. The quantitative estimate of drug-likeness (QED) is 0.470. The highest BCUT2D eigenvalue weighted by Crippen LogP contribution is 1.92. The van der Waals surface area contributed by atoms with E-state index < -0.39 is 0 Å². The van der Waals surface area contributed by atoms with E-state index >= 15 is 0 Å². The molecule has 0 N–H and O–H groups in total. The van der Waals surface area contributed by atoms with E-state index in [2.05, 4.69) is 4.99 Å². The molecule has 0 unspecified atom stereocenters. The van der Waals surface area contributed by atoms with Gasteiger partial charge in [-0.15, -0.1) is 0 Å². The molecule has 9 heavy (non-hydrogen) atoms. The lowest BCUT2D eigenvalue weighted by atomic mass is 10.5. The van der Waals surface area contributed by atoms with Gasteiger partial charge in [-0.05, 0) is 6.08 Å². The number of allylic oxidation sites excluding steroid dienone is 1. The van der Waals surface area contributed by atoms with Crippen LogP contribution in [0.4, 0.5) is 0 Å². The Kier molecular flexibility index (Phi) is 1.86. The molecule has 0 aromatic heterocycles. The Morgan fingerprint density at radius 3 is 3.22 bits per heavy atom. The van der Waals surface area contributed by atoms with Crippen molar-refractivity contribution in [3.05, 3.63) is 12.3 Å². The highest BCUT2D eigenvalue weighted by molar-refractivity contribution is 5.71. The van der Waals surface area contributed by atoms with Crippen molar-refractivity contribution in [2.75, 3.05) is 13.2 Å². The number of aliphatic imine (C=N–C) groups is 1. The highest BCUT2D eigenvalue weighted by atomic mass is 15.2. The molecule has 0 saturated heterocycles. The van der Waals surface area contributed by atoms with Crippen molar-refractivity contribution in [1.82, 2.24) is 4.90 Å². The molecule has 0 aromatic rings. The van der Waals surface area contributed by atoms with Gasteiger partial charge in [0, 0.05) is 12.4 Å². The molecule has 0 bridgehead atoms. The zero-order chi connectivity index (χ0) is 6.53. The summed E-state index contributed by atoms with van der Waals surface area (Å²) in [5.41, 5.74) is 0. The van der Waals surface area contributed by atoms with Gasteiger partial charge in [-0.3, -0.25) is 4.99 Å². The van der Waals surface area contributed by atoms with Gasteiger partial charge in [0.25, 0.3) is 0 Å². The van der Waals surface area contributed by atoms with E-state index in [0.29, 0.717) is 13.2 Å². The van der Waals surface area contributed by atoms with Gasteiger partial charge < -0.3 is 4.90 Å². The maximum atomic E-state index is 8.24. The van der Waals surface area contributed by atoms with E-state index in [-0.39, 0.29) is 0 Å². The minimum atomic E-state index is 0.424. The maximum absolute atomic E-state index is 8.24. The summed E-state index contributed by atoms with van der Waals surface area (Å²) in [4.78, 5) is 5.77. The average molecular weight is 121 g/mol.